The summed E-state index contributed by atoms with van der Waals surface area (Å²) < 4.78 is 24.2. The number of aliphatic hydroxyl groups excluding tert-OH is 1. The number of alkyl halides is 2. The van der Waals surface area contributed by atoms with Gasteiger partial charge in [0, 0.05) is 6.54 Å². The van der Waals surface area contributed by atoms with Crippen LogP contribution in [-0.2, 0) is 4.79 Å². The maximum atomic E-state index is 12.1. The Balaban J connectivity index is 4.47. The summed E-state index contributed by atoms with van der Waals surface area (Å²) in [5.41, 5.74) is 0. The van der Waals surface area contributed by atoms with E-state index in [1.165, 1.54) is 0 Å². The van der Waals surface area contributed by atoms with Crippen molar-refractivity contribution in [1.29, 1.82) is 5.26 Å². The van der Waals surface area contributed by atoms with E-state index in [1.54, 1.807) is 13.0 Å². The van der Waals surface area contributed by atoms with Gasteiger partial charge in [-0.15, -0.1) is 0 Å². The van der Waals surface area contributed by atoms with Gasteiger partial charge in [0.25, 0.3) is 6.43 Å². The largest absolute Gasteiger partial charge is 0.395 e. The number of halogens is 2. The Morgan fingerprint density at radius 2 is 2.20 bits per heavy atom. The van der Waals surface area contributed by atoms with Crippen LogP contribution < -0.4 is 0 Å². The van der Waals surface area contributed by atoms with Crippen molar-refractivity contribution in [3.8, 4) is 6.07 Å². The van der Waals surface area contributed by atoms with Gasteiger partial charge in [-0.1, -0.05) is 6.92 Å². The first kappa shape index (κ1) is 13.8. The maximum Gasteiger partial charge on any atom is 0.255 e. The van der Waals surface area contributed by atoms with Crippen LogP contribution in [0, 0.1) is 17.2 Å². The molecule has 0 heterocycles. The van der Waals surface area contributed by atoms with E-state index in [-0.39, 0.29) is 19.6 Å². The van der Waals surface area contributed by atoms with E-state index in [9.17, 15) is 13.6 Å². The van der Waals surface area contributed by atoms with E-state index < -0.39 is 24.8 Å². The van der Waals surface area contributed by atoms with Crippen LogP contribution in [0.4, 0.5) is 8.78 Å². The van der Waals surface area contributed by atoms with Crippen molar-refractivity contribution in [2.45, 2.75) is 19.8 Å². The highest BCUT2D eigenvalue weighted by Gasteiger charge is 2.24. The molecule has 0 bridgehead atoms. The Morgan fingerprint density at radius 1 is 1.60 bits per heavy atom. The van der Waals surface area contributed by atoms with Gasteiger partial charge >= 0.3 is 0 Å². The molecule has 4 nitrogen and oxygen atoms in total. The van der Waals surface area contributed by atoms with Crippen LogP contribution in [0.5, 0.6) is 0 Å². The smallest absolute Gasteiger partial charge is 0.255 e. The Morgan fingerprint density at radius 3 is 2.53 bits per heavy atom. The quantitative estimate of drug-likeness (QED) is 0.713. The van der Waals surface area contributed by atoms with Gasteiger partial charge < -0.3 is 10.0 Å². The van der Waals surface area contributed by atoms with Gasteiger partial charge in [-0.05, 0) is 6.42 Å². The molecule has 0 spiro atoms. The van der Waals surface area contributed by atoms with Crippen LogP contribution in [0.3, 0.4) is 0 Å². The van der Waals surface area contributed by atoms with Crippen molar-refractivity contribution < 1.29 is 18.7 Å². The zero-order valence-electron chi connectivity index (χ0n) is 8.49. The normalized spacial score (nSPS) is 12.3. The lowest BCUT2D eigenvalue weighted by Crippen LogP contribution is -2.40. The number of carbonyl (C=O) groups is 1. The summed E-state index contributed by atoms with van der Waals surface area (Å²) in [6.45, 7) is 0.338. The molecule has 6 heteroatoms. The fraction of sp³-hybridized carbons (Fsp3) is 0.778. The highest BCUT2D eigenvalue weighted by Crippen LogP contribution is 2.08. The number of nitrogens with zero attached hydrogens (tertiary/aromatic N) is 2. The number of carbonyl (C=O) groups excluding carboxylic acids is 1. The number of hydrogen-bond acceptors (Lipinski definition) is 3. The summed E-state index contributed by atoms with van der Waals surface area (Å²) in [4.78, 5) is 12.3. The minimum atomic E-state index is -2.66. The lowest BCUT2D eigenvalue weighted by molar-refractivity contribution is -0.136. The first-order valence-electron chi connectivity index (χ1n) is 4.64. The molecule has 0 aliphatic heterocycles. The Bertz CT molecular complexity index is 241. The third kappa shape index (κ3) is 4.70. The van der Waals surface area contributed by atoms with Gasteiger partial charge in [0.15, 0.2) is 0 Å². The second-order valence-corrected chi connectivity index (χ2v) is 2.99. The van der Waals surface area contributed by atoms with Crippen LogP contribution in [0.25, 0.3) is 0 Å². The van der Waals surface area contributed by atoms with Gasteiger partial charge in [0.1, 0.15) is 5.92 Å². The van der Waals surface area contributed by atoms with E-state index in [1.807, 2.05) is 0 Å². The van der Waals surface area contributed by atoms with Gasteiger partial charge in [0.2, 0.25) is 5.91 Å². The molecule has 0 rings (SSSR count). The molecule has 1 amide bonds. The molecule has 1 atom stereocenters. The van der Waals surface area contributed by atoms with E-state index in [4.69, 9.17) is 10.4 Å². The summed E-state index contributed by atoms with van der Waals surface area (Å²) >= 11 is 0. The van der Waals surface area contributed by atoms with Crippen LogP contribution >= 0.6 is 0 Å². The SMILES string of the molecule is CCC(C#N)C(=O)N(CCO)CC(F)F. The van der Waals surface area contributed by atoms with Gasteiger partial charge in [-0.25, -0.2) is 8.78 Å². The molecule has 0 saturated heterocycles. The minimum Gasteiger partial charge on any atom is -0.395 e. The predicted octanol–water partition coefficient (Wildman–Crippen LogP) is 0.622. The Kier molecular flexibility index (Phi) is 6.54. The average Bonchev–Trinajstić information content (AvgIpc) is 2.18. The molecule has 86 valence electrons. The molecule has 0 radical (unpaired) electrons. The Labute approximate surface area is 87.1 Å². The lowest BCUT2D eigenvalue weighted by Gasteiger charge is -2.23. The molecule has 1 unspecified atom stereocenters. The molecular formula is C9H14F2N2O2. The first-order valence-corrected chi connectivity index (χ1v) is 4.64. The van der Waals surface area contributed by atoms with Gasteiger partial charge in [-0.3, -0.25) is 4.79 Å². The van der Waals surface area contributed by atoms with Crippen LogP contribution in [0.2, 0.25) is 0 Å². The molecule has 0 saturated carbocycles. The second kappa shape index (κ2) is 7.12. The maximum absolute atomic E-state index is 12.1. The van der Waals surface area contributed by atoms with Crippen molar-refractivity contribution in [2.75, 3.05) is 19.7 Å². The molecule has 15 heavy (non-hydrogen) atoms. The standard InChI is InChI=1S/C9H14F2N2O2/c1-2-7(5-12)9(15)13(3-4-14)6-8(10)11/h7-8,14H,2-4,6H2,1H3. The third-order valence-corrected chi connectivity index (χ3v) is 1.90. The molecule has 0 aromatic rings. The van der Waals surface area contributed by atoms with Crippen molar-refractivity contribution >= 4 is 5.91 Å². The summed E-state index contributed by atoms with van der Waals surface area (Å²) in [6.07, 6.45) is -2.38. The number of rotatable bonds is 6. The zero-order chi connectivity index (χ0) is 11.8. The van der Waals surface area contributed by atoms with Crippen LogP contribution in [0.15, 0.2) is 0 Å². The summed E-state index contributed by atoms with van der Waals surface area (Å²) in [5, 5.41) is 17.2. The van der Waals surface area contributed by atoms with E-state index in [0.29, 0.717) is 0 Å². The third-order valence-electron chi connectivity index (χ3n) is 1.90. The van der Waals surface area contributed by atoms with Crippen molar-refractivity contribution in [1.82, 2.24) is 4.90 Å². The molecular weight excluding hydrogens is 206 g/mol. The Hall–Kier alpha value is -1.22. The summed E-state index contributed by atoms with van der Waals surface area (Å²) in [5.74, 6) is -1.55. The topological polar surface area (TPSA) is 64.3 Å². The molecule has 0 fully saturated rings. The molecule has 0 aliphatic rings. The molecule has 0 aliphatic carbocycles. The van der Waals surface area contributed by atoms with Crippen molar-refractivity contribution in [3.05, 3.63) is 0 Å². The van der Waals surface area contributed by atoms with Crippen molar-refractivity contribution in [2.24, 2.45) is 5.92 Å². The summed E-state index contributed by atoms with van der Waals surface area (Å²) in [6, 6.07) is 1.75. The first-order chi connectivity index (χ1) is 7.06. The monoisotopic (exact) mass is 220 g/mol. The van der Waals surface area contributed by atoms with E-state index in [2.05, 4.69) is 0 Å². The molecule has 0 aromatic carbocycles. The van der Waals surface area contributed by atoms with Gasteiger partial charge in [0.05, 0.1) is 19.2 Å². The van der Waals surface area contributed by atoms with Crippen molar-refractivity contribution in [3.63, 3.8) is 0 Å². The fourth-order valence-corrected chi connectivity index (χ4v) is 1.12. The highest BCUT2D eigenvalue weighted by atomic mass is 19.3. The molecule has 1 N–H and O–H groups in total. The zero-order valence-corrected chi connectivity index (χ0v) is 8.49. The average molecular weight is 220 g/mol. The van der Waals surface area contributed by atoms with E-state index >= 15 is 0 Å². The minimum absolute atomic E-state index is 0.165. The second-order valence-electron chi connectivity index (χ2n) is 2.99. The van der Waals surface area contributed by atoms with Crippen LogP contribution in [-0.4, -0.2) is 42.0 Å². The number of hydrogen-bond donors (Lipinski definition) is 1. The number of nitriles is 1. The van der Waals surface area contributed by atoms with Gasteiger partial charge in [-0.2, -0.15) is 5.26 Å². The fourth-order valence-electron chi connectivity index (χ4n) is 1.12. The predicted molar refractivity (Wildman–Crippen MR) is 49.1 cm³/mol. The number of aliphatic hydroxyl groups is 1. The lowest BCUT2D eigenvalue weighted by atomic mass is 10.1. The number of amides is 1. The van der Waals surface area contributed by atoms with Crippen LogP contribution in [0.1, 0.15) is 13.3 Å². The summed E-state index contributed by atoms with van der Waals surface area (Å²) in [7, 11) is 0. The highest BCUT2D eigenvalue weighted by molar-refractivity contribution is 5.81. The molecule has 0 aromatic heterocycles. The van der Waals surface area contributed by atoms with E-state index in [0.717, 1.165) is 4.90 Å².